The Bertz CT molecular complexity index is 783. The molecule has 24 heavy (non-hydrogen) atoms. The zero-order valence-corrected chi connectivity index (χ0v) is 15.0. The van der Waals surface area contributed by atoms with E-state index in [2.05, 4.69) is 79.8 Å². The third-order valence-electron chi connectivity index (χ3n) is 4.06. The molecule has 0 fully saturated rings. The van der Waals surface area contributed by atoms with Gasteiger partial charge in [-0.2, -0.15) is 0 Å². The van der Waals surface area contributed by atoms with E-state index < -0.39 is 0 Å². The Morgan fingerprint density at radius 2 is 1.67 bits per heavy atom. The summed E-state index contributed by atoms with van der Waals surface area (Å²) in [6.45, 7) is 6.58. The average molecular weight is 342 g/mol. The summed E-state index contributed by atoms with van der Waals surface area (Å²) in [5.74, 6) is 0.963. The lowest BCUT2D eigenvalue weighted by Gasteiger charge is -2.15. The Balaban J connectivity index is 0.00000208. The molecule has 0 heterocycles. The van der Waals surface area contributed by atoms with Gasteiger partial charge in [0.2, 0.25) is 0 Å². The third-order valence-corrected chi connectivity index (χ3v) is 4.06. The fourth-order valence-corrected chi connectivity index (χ4v) is 2.73. The van der Waals surface area contributed by atoms with Gasteiger partial charge in [-0.1, -0.05) is 67.1 Å². The minimum atomic E-state index is 0. The van der Waals surface area contributed by atoms with Gasteiger partial charge in [-0.15, -0.1) is 12.4 Å². The minimum Gasteiger partial charge on any atom is -0.489 e. The zero-order valence-electron chi connectivity index (χ0n) is 14.2. The SMILES string of the molecule is CCNCc1c(OCc2ccc(C)cc2)ccc2ccccc12.Cl. The number of benzene rings is 3. The predicted octanol–water partition coefficient (Wildman–Crippen LogP) is 5.26. The Kier molecular flexibility index (Phi) is 6.65. The summed E-state index contributed by atoms with van der Waals surface area (Å²) in [7, 11) is 0. The molecule has 3 aromatic rings. The maximum absolute atomic E-state index is 6.13. The van der Waals surface area contributed by atoms with Crippen molar-refractivity contribution in [2.45, 2.75) is 27.0 Å². The topological polar surface area (TPSA) is 21.3 Å². The molecule has 0 aliphatic heterocycles. The molecule has 0 spiro atoms. The second-order valence-electron chi connectivity index (χ2n) is 5.82. The molecule has 0 atom stereocenters. The molecule has 0 amide bonds. The molecule has 3 aromatic carbocycles. The summed E-state index contributed by atoms with van der Waals surface area (Å²) >= 11 is 0. The van der Waals surface area contributed by atoms with Crippen LogP contribution in [-0.4, -0.2) is 6.54 Å². The first-order valence-electron chi connectivity index (χ1n) is 8.17. The number of halogens is 1. The molecule has 0 bridgehead atoms. The van der Waals surface area contributed by atoms with Crippen molar-refractivity contribution < 1.29 is 4.74 Å². The molecule has 0 saturated carbocycles. The summed E-state index contributed by atoms with van der Waals surface area (Å²) in [5, 5.41) is 5.93. The van der Waals surface area contributed by atoms with Crippen LogP contribution in [0.2, 0.25) is 0 Å². The van der Waals surface area contributed by atoms with Crippen LogP contribution in [0.15, 0.2) is 60.7 Å². The largest absolute Gasteiger partial charge is 0.489 e. The van der Waals surface area contributed by atoms with Crippen molar-refractivity contribution in [3.8, 4) is 5.75 Å². The van der Waals surface area contributed by atoms with Crippen molar-refractivity contribution in [3.05, 3.63) is 77.4 Å². The minimum absolute atomic E-state index is 0. The fraction of sp³-hybridized carbons (Fsp3) is 0.238. The van der Waals surface area contributed by atoms with Crippen molar-refractivity contribution in [1.82, 2.24) is 5.32 Å². The molecule has 126 valence electrons. The quantitative estimate of drug-likeness (QED) is 0.660. The van der Waals surface area contributed by atoms with Gasteiger partial charge in [-0.05, 0) is 35.9 Å². The number of fused-ring (bicyclic) bond motifs is 1. The lowest BCUT2D eigenvalue weighted by molar-refractivity contribution is 0.303. The first-order chi connectivity index (χ1) is 11.3. The monoisotopic (exact) mass is 341 g/mol. The molecule has 0 aliphatic carbocycles. The van der Waals surface area contributed by atoms with Crippen LogP contribution in [0.1, 0.15) is 23.6 Å². The van der Waals surface area contributed by atoms with E-state index in [1.807, 2.05) is 0 Å². The van der Waals surface area contributed by atoms with Crippen molar-refractivity contribution in [2.24, 2.45) is 0 Å². The first-order valence-corrected chi connectivity index (χ1v) is 8.17. The highest BCUT2D eigenvalue weighted by molar-refractivity contribution is 5.87. The van der Waals surface area contributed by atoms with Gasteiger partial charge >= 0.3 is 0 Å². The highest BCUT2D eigenvalue weighted by atomic mass is 35.5. The average Bonchev–Trinajstić information content (AvgIpc) is 2.59. The van der Waals surface area contributed by atoms with E-state index in [1.54, 1.807) is 0 Å². The molecular formula is C21H24ClNO. The number of ether oxygens (including phenoxy) is 1. The summed E-state index contributed by atoms with van der Waals surface area (Å²) in [5.41, 5.74) is 3.70. The number of aryl methyl sites for hydroxylation is 1. The van der Waals surface area contributed by atoms with Gasteiger partial charge < -0.3 is 10.1 Å². The number of rotatable bonds is 6. The van der Waals surface area contributed by atoms with Crippen LogP contribution in [-0.2, 0) is 13.2 Å². The third kappa shape index (κ3) is 4.28. The van der Waals surface area contributed by atoms with E-state index in [1.165, 1.54) is 27.5 Å². The van der Waals surface area contributed by atoms with Gasteiger partial charge in [0.25, 0.3) is 0 Å². The Labute approximate surface area is 150 Å². The Morgan fingerprint density at radius 1 is 0.917 bits per heavy atom. The van der Waals surface area contributed by atoms with E-state index in [9.17, 15) is 0 Å². The van der Waals surface area contributed by atoms with Gasteiger partial charge in [0.05, 0.1) is 0 Å². The molecule has 0 unspecified atom stereocenters. The smallest absolute Gasteiger partial charge is 0.124 e. The van der Waals surface area contributed by atoms with Crippen molar-refractivity contribution in [3.63, 3.8) is 0 Å². The molecule has 2 nitrogen and oxygen atoms in total. The summed E-state index contributed by atoms with van der Waals surface area (Å²) < 4.78 is 6.13. The van der Waals surface area contributed by atoms with Gasteiger partial charge in [-0.3, -0.25) is 0 Å². The number of hydrogen-bond acceptors (Lipinski definition) is 2. The Hall–Kier alpha value is -2.03. The Morgan fingerprint density at radius 3 is 2.42 bits per heavy atom. The molecule has 0 radical (unpaired) electrons. The van der Waals surface area contributed by atoms with E-state index in [0.29, 0.717) is 6.61 Å². The lowest BCUT2D eigenvalue weighted by atomic mass is 10.0. The maximum atomic E-state index is 6.13. The van der Waals surface area contributed by atoms with Crippen LogP contribution in [0, 0.1) is 6.92 Å². The molecule has 3 heteroatoms. The van der Waals surface area contributed by atoms with E-state index in [0.717, 1.165) is 18.8 Å². The standard InChI is InChI=1S/C21H23NO.ClH/c1-3-22-14-20-19-7-5-4-6-18(19)12-13-21(20)23-15-17-10-8-16(2)9-11-17;/h4-13,22H,3,14-15H2,1-2H3;1H. The van der Waals surface area contributed by atoms with Crippen molar-refractivity contribution in [1.29, 1.82) is 0 Å². The highest BCUT2D eigenvalue weighted by Crippen LogP contribution is 2.28. The van der Waals surface area contributed by atoms with Gasteiger partial charge in [-0.25, -0.2) is 0 Å². The van der Waals surface area contributed by atoms with E-state index in [4.69, 9.17) is 4.74 Å². The van der Waals surface area contributed by atoms with E-state index in [-0.39, 0.29) is 12.4 Å². The summed E-state index contributed by atoms with van der Waals surface area (Å²) in [6.07, 6.45) is 0. The molecular weight excluding hydrogens is 318 g/mol. The van der Waals surface area contributed by atoms with Gasteiger partial charge in [0.1, 0.15) is 12.4 Å². The zero-order chi connectivity index (χ0) is 16.1. The maximum Gasteiger partial charge on any atom is 0.124 e. The van der Waals surface area contributed by atoms with Crippen LogP contribution in [0.4, 0.5) is 0 Å². The lowest BCUT2D eigenvalue weighted by Crippen LogP contribution is -2.13. The molecule has 0 aromatic heterocycles. The predicted molar refractivity (Wildman–Crippen MR) is 104 cm³/mol. The normalized spacial score (nSPS) is 10.4. The number of hydrogen-bond donors (Lipinski definition) is 1. The molecule has 1 N–H and O–H groups in total. The second-order valence-corrected chi connectivity index (χ2v) is 5.82. The van der Waals surface area contributed by atoms with Crippen molar-refractivity contribution >= 4 is 23.2 Å². The van der Waals surface area contributed by atoms with Crippen LogP contribution in [0.5, 0.6) is 5.75 Å². The van der Waals surface area contributed by atoms with Crippen LogP contribution >= 0.6 is 12.4 Å². The summed E-state index contributed by atoms with van der Waals surface area (Å²) in [4.78, 5) is 0. The van der Waals surface area contributed by atoms with Crippen LogP contribution in [0.25, 0.3) is 10.8 Å². The fourth-order valence-electron chi connectivity index (χ4n) is 2.73. The molecule has 3 rings (SSSR count). The van der Waals surface area contributed by atoms with Gasteiger partial charge in [0, 0.05) is 12.1 Å². The second kappa shape index (κ2) is 8.72. The van der Waals surface area contributed by atoms with Crippen LogP contribution in [0.3, 0.4) is 0 Å². The van der Waals surface area contributed by atoms with Crippen LogP contribution < -0.4 is 10.1 Å². The number of nitrogens with one attached hydrogen (secondary N) is 1. The highest BCUT2D eigenvalue weighted by Gasteiger charge is 2.08. The van der Waals surface area contributed by atoms with E-state index >= 15 is 0 Å². The first kappa shape index (κ1) is 18.3. The summed E-state index contributed by atoms with van der Waals surface area (Å²) in [6, 6.07) is 21.2. The van der Waals surface area contributed by atoms with Gasteiger partial charge in [0.15, 0.2) is 0 Å². The van der Waals surface area contributed by atoms with Crippen molar-refractivity contribution in [2.75, 3.05) is 6.54 Å². The molecule has 0 aliphatic rings. The molecule has 0 saturated heterocycles.